The summed E-state index contributed by atoms with van der Waals surface area (Å²) in [6, 6.07) is 0. The Morgan fingerprint density at radius 2 is 1.28 bits per heavy atom. The van der Waals surface area contributed by atoms with Crippen LogP contribution >= 0.6 is 0 Å². The third-order valence-corrected chi connectivity index (χ3v) is 6.12. The van der Waals surface area contributed by atoms with Crippen LogP contribution in [0.2, 0.25) is 0 Å². The summed E-state index contributed by atoms with van der Waals surface area (Å²) in [5.74, 6) is -1.47. The number of hydrogen-bond donors (Lipinski definition) is 0. The summed E-state index contributed by atoms with van der Waals surface area (Å²) < 4.78 is 120. The average Bonchev–Trinajstić information content (AvgIpc) is 2.75. The second-order valence-corrected chi connectivity index (χ2v) is 7.66. The van der Waals surface area contributed by atoms with Gasteiger partial charge < -0.3 is 4.74 Å². The average molecular weight is 380 g/mol. The Morgan fingerprint density at radius 3 is 1.64 bits per heavy atom. The van der Waals surface area contributed by atoms with Crippen LogP contribution in [-0.4, -0.2) is 59.4 Å². The van der Waals surface area contributed by atoms with Gasteiger partial charge in [-0.1, -0.05) is 6.92 Å². The second-order valence-electron chi connectivity index (χ2n) is 7.66. The van der Waals surface area contributed by atoms with Crippen molar-refractivity contribution in [2.24, 2.45) is 5.41 Å². The highest BCUT2D eigenvalue weighted by atomic mass is 19.2. The molecule has 0 aromatic heterocycles. The maximum Gasteiger partial charge on any atom is 0.312 e. The molecule has 0 amide bonds. The molecule has 0 heterocycles. The molecule has 2 nitrogen and oxygen atoms in total. The summed E-state index contributed by atoms with van der Waals surface area (Å²) in [6.07, 6.45) is -19.1. The van der Waals surface area contributed by atoms with E-state index in [1.807, 2.05) is 0 Å². The maximum atomic E-state index is 14.7. The molecule has 4 rings (SSSR count). The predicted octanol–water partition coefficient (Wildman–Crippen LogP) is 3.56. The molecule has 0 spiro atoms. The van der Waals surface area contributed by atoms with Crippen LogP contribution in [0.15, 0.2) is 0 Å². The van der Waals surface area contributed by atoms with Gasteiger partial charge in [-0.05, 0) is 20.3 Å². The van der Waals surface area contributed by atoms with E-state index in [0.717, 1.165) is 0 Å². The summed E-state index contributed by atoms with van der Waals surface area (Å²) in [4.78, 5) is 12.1. The fourth-order valence-corrected chi connectivity index (χ4v) is 4.05. The summed E-state index contributed by atoms with van der Waals surface area (Å²) in [6.45, 7) is 3.92. The van der Waals surface area contributed by atoms with Crippen molar-refractivity contribution in [1.29, 1.82) is 0 Å². The van der Waals surface area contributed by atoms with E-state index in [1.165, 1.54) is 20.8 Å². The lowest BCUT2D eigenvalue weighted by molar-refractivity contribution is -0.260. The fourth-order valence-electron chi connectivity index (χ4n) is 4.05. The molecular weight excluding hydrogens is 364 g/mol. The lowest BCUT2D eigenvalue weighted by Gasteiger charge is -2.49. The molecule has 4 aliphatic carbocycles. The smallest absolute Gasteiger partial charge is 0.312 e. The third kappa shape index (κ3) is 1.49. The van der Waals surface area contributed by atoms with Crippen molar-refractivity contribution in [3.05, 3.63) is 0 Å². The molecule has 4 bridgehead atoms. The van der Waals surface area contributed by atoms with Gasteiger partial charge in [0, 0.05) is 0 Å². The highest BCUT2D eigenvalue weighted by Gasteiger charge is 3.03. The molecule has 0 aromatic rings. The van der Waals surface area contributed by atoms with Crippen LogP contribution in [0, 0.1) is 5.41 Å². The number of rotatable bonds is 3. The van der Waals surface area contributed by atoms with Gasteiger partial charge in [0.05, 0.1) is 5.41 Å². The normalized spacial score (nSPS) is 57.2. The molecule has 7 unspecified atom stereocenters. The van der Waals surface area contributed by atoms with Gasteiger partial charge in [-0.2, -0.15) is 0 Å². The third-order valence-electron chi connectivity index (χ3n) is 6.12. The first-order valence-corrected chi connectivity index (χ1v) is 7.72. The first-order valence-electron chi connectivity index (χ1n) is 7.72. The minimum atomic E-state index is -4.65. The lowest BCUT2D eigenvalue weighted by Crippen LogP contribution is -2.75. The summed E-state index contributed by atoms with van der Waals surface area (Å²) >= 11 is 0. The molecule has 144 valence electrons. The molecule has 25 heavy (non-hydrogen) atoms. The van der Waals surface area contributed by atoms with Crippen molar-refractivity contribution < 1.29 is 44.7 Å². The molecule has 4 aliphatic rings. The van der Waals surface area contributed by atoms with Gasteiger partial charge in [-0.15, -0.1) is 0 Å². The van der Waals surface area contributed by atoms with E-state index in [0.29, 0.717) is 0 Å². The first kappa shape index (κ1) is 18.7. The number of halogens is 8. The largest absolute Gasteiger partial charge is 0.449 e. The van der Waals surface area contributed by atoms with E-state index in [1.54, 1.807) is 0 Å². The Kier molecular flexibility index (Phi) is 3.44. The first-order chi connectivity index (χ1) is 11.2. The van der Waals surface area contributed by atoms with Crippen molar-refractivity contribution >= 4 is 5.97 Å². The fraction of sp³-hybridized carbons (Fsp3) is 0.933. The number of carbonyl (C=O) groups excluding carboxylic acids is 1. The van der Waals surface area contributed by atoms with Crippen molar-refractivity contribution in [3.8, 4) is 0 Å². The summed E-state index contributed by atoms with van der Waals surface area (Å²) in [5, 5.41) is 0. The molecule has 4 saturated carbocycles. The number of ether oxygens (including phenoxy) is 1. The van der Waals surface area contributed by atoms with Crippen LogP contribution in [0.5, 0.6) is 0 Å². The van der Waals surface area contributed by atoms with E-state index in [2.05, 4.69) is 4.74 Å². The van der Waals surface area contributed by atoms with Crippen LogP contribution in [0.4, 0.5) is 35.1 Å². The van der Waals surface area contributed by atoms with Crippen LogP contribution < -0.4 is 0 Å². The van der Waals surface area contributed by atoms with Crippen molar-refractivity contribution in [1.82, 2.24) is 0 Å². The molecule has 4 fully saturated rings. The number of hydrogen-bond acceptors (Lipinski definition) is 2. The van der Waals surface area contributed by atoms with Gasteiger partial charge in [0.15, 0.2) is 30.9 Å². The number of alkyl halides is 8. The zero-order valence-electron chi connectivity index (χ0n) is 13.4. The minimum absolute atomic E-state index is 0.0204. The Bertz CT molecular complexity index is 590. The quantitative estimate of drug-likeness (QED) is 0.553. The Morgan fingerprint density at radius 1 is 0.880 bits per heavy atom. The van der Waals surface area contributed by atoms with Gasteiger partial charge in [0.2, 0.25) is 22.6 Å². The lowest BCUT2D eigenvalue weighted by atomic mass is 9.70. The minimum Gasteiger partial charge on any atom is -0.449 e. The van der Waals surface area contributed by atoms with E-state index in [4.69, 9.17) is 0 Å². The standard InChI is InChI=1S/C15H16F8O2/c1-4-11(2,3)10(24)25-13-5(16)12(21)6(17)14(22,8(13)19)15(23,7(12)18)9(13)20/h5-9H,4H2,1-3H3. The van der Waals surface area contributed by atoms with E-state index in [9.17, 15) is 39.9 Å². The highest BCUT2D eigenvalue weighted by molar-refractivity contribution is 5.77. The topological polar surface area (TPSA) is 26.3 Å². The molecule has 10 heteroatoms. The van der Waals surface area contributed by atoms with E-state index in [-0.39, 0.29) is 6.42 Å². The molecule has 0 N–H and O–H groups in total. The van der Waals surface area contributed by atoms with Gasteiger partial charge in [-0.25, -0.2) is 35.1 Å². The maximum absolute atomic E-state index is 14.7. The Balaban J connectivity index is 2.18. The van der Waals surface area contributed by atoms with Gasteiger partial charge in [0.1, 0.15) is 0 Å². The molecule has 0 aromatic carbocycles. The molecule has 0 radical (unpaired) electrons. The highest BCUT2D eigenvalue weighted by Crippen LogP contribution is 2.74. The predicted molar refractivity (Wildman–Crippen MR) is 68.9 cm³/mol. The van der Waals surface area contributed by atoms with Crippen molar-refractivity contribution in [3.63, 3.8) is 0 Å². The molecular formula is C15H16F8O2. The Labute approximate surface area is 137 Å². The zero-order valence-corrected chi connectivity index (χ0v) is 13.4. The Hall–Kier alpha value is -1.09. The zero-order chi connectivity index (χ0) is 19.4. The second kappa shape index (κ2) is 4.60. The van der Waals surface area contributed by atoms with Gasteiger partial charge in [-0.3, -0.25) is 4.79 Å². The van der Waals surface area contributed by atoms with Gasteiger partial charge in [0.25, 0.3) is 0 Å². The summed E-state index contributed by atoms with van der Waals surface area (Å²) in [7, 11) is 0. The molecule has 0 saturated heterocycles. The van der Waals surface area contributed by atoms with Crippen LogP contribution in [0.25, 0.3) is 0 Å². The number of esters is 1. The van der Waals surface area contributed by atoms with Crippen LogP contribution in [0.1, 0.15) is 27.2 Å². The van der Waals surface area contributed by atoms with Gasteiger partial charge >= 0.3 is 5.97 Å². The van der Waals surface area contributed by atoms with Crippen molar-refractivity contribution in [2.45, 2.75) is 80.7 Å². The van der Waals surface area contributed by atoms with Crippen LogP contribution in [-0.2, 0) is 9.53 Å². The molecule has 0 aliphatic heterocycles. The van der Waals surface area contributed by atoms with Crippen LogP contribution in [0.3, 0.4) is 0 Å². The van der Waals surface area contributed by atoms with E-state index >= 15 is 0 Å². The summed E-state index contributed by atoms with van der Waals surface area (Å²) in [5.41, 5.74) is -19.2. The molecule has 7 atom stereocenters. The number of carbonyl (C=O) groups is 1. The SMILES string of the molecule is CCC(C)(C)C(=O)OC12C(F)C3(F)C(F)C(F)(C1F)C(F)(C3F)C2F. The monoisotopic (exact) mass is 380 g/mol. The van der Waals surface area contributed by atoms with Crippen molar-refractivity contribution in [2.75, 3.05) is 0 Å². The van der Waals surface area contributed by atoms with E-state index < -0.39 is 64.9 Å².